The summed E-state index contributed by atoms with van der Waals surface area (Å²) in [5.74, 6) is 0.552. The minimum Gasteiger partial charge on any atom is -0.207 e. The lowest BCUT2D eigenvalue weighted by Gasteiger charge is -2.05. The third-order valence-electron chi connectivity index (χ3n) is 2.39. The van der Waals surface area contributed by atoms with E-state index in [1.54, 1.807) is 29.6 Å². The van der Waals surface area contributed by atoms with E-state index in [4.69, 9.17) is 0 Å². The van der Waals surface area contributed by atoms with Crippen LogP contribution in [0.25, 0.3) is 0 Å². The highest BCUT2D eigenvalue weighted by molar-refractivity contribution is 7.99. The molecule has 0 saturated carbocycles. The van der Waals surface area contributed by atoms with E-state index in [-0.39, 0.29) is 5.82 Å². The Morgan fingerprint density at radius 2 is 1.76 bits per heavy atom. The van der Waals surface area contributed by atoms with E-state index in [2.05, 4.69) is 0 Å². The van der Waals surface area contributed by atoms with Crippen LogP contribution in [0.5, 0.6) is 0 Å². The summed E-state index contributed by atoms with van der Waals surface area (Å²) in [5, 5.41) is 0. The van der Waals surface area contributed by atoms with Gasteiger partial charge in [-0.1, -0.05) is 18.2 Å². The van der Waals surface area contributed by atoms with Crippen molar-refractivity contribution >= 4 is 23.5 Å². The first-order valence-electron chi connectivity index (χ1n) is 5.30. The molecule has 0 radical (unpaired) electrons. The molecule has 3 heteroatoms. The largest absolute Gasteiger partial charge is 0.207 e. The van der Waals surface area contributed by atoms with Gasteiger partial charge in [0.05, 0.1) is 0 Å². The maximum atomic E-state index is 13.6. The van der Waals surface area contributed by atoms with Gasteiger partial charge in [0.1, 0.15) is 5.82 Å². The van der Waals surface area contributed by atoms with Crippen LogP contribution in [0.15, 0.2) is 58.3 Å². The van der Waals surface area contributed by atoms with Crippen molar-refractivity contribution in [2.24, 2.45) is 0 Å². The number of thioether (sulfide) groups is 2. The smallest absolute Gasteiger partial charge is 0.127 e. The maximum absolute atomic E-state index is 13.6. The van der Waals surface area contributed by atoms with Crippen molar-refractivity contribution in [1.29, 1.82) is 0 Å². The van der Waals surface area contributed by atoms with Gasteiger partial charge in [-0.3, -0.25) is 0 Å². The van der Waals surface area contributed by atoms with Crippen LogP contribution in [0.2, 0.25) is 0 Å². The fourth-order valence-electron chi connectivity index (χ4n) is 1.47. The van der Waals surface area contributed by atoms with Gasteiger partial charge in [-0.15, -0.1) is 23.5 Å². The van der Waals surface area contributed by atoms with E-state index in [1.807, 2.05) is 48.7 Å². The lowest BCUT2D eigenvalue weighted by molar-refractivity contribution is 0.616. The molecular weight excluding hydrogens is 251 g/mol. The molecule has 2 aromatic rings. The Hall–Kier alpha value is -0.930. The Morgan fingerprint density at radius 3 is 2.47 bits per heavy atom. The summed E-state index contributed by atoms with van der Waals surface area (Å²) < 4.78 is 13.6. The van der Waals surface area contributed by atoms with Gasteiger partial charge in [0.2, 0.25) is 0 Å². The monoisotopic (exact) mass is 264 g/mol. The Kier molecular flexibility index (Phi) is 4.51. The molecular formula is C14H13FS2. The highest BCUT2D eigenvalue weighted by Gasteiger charge is 2.04. The van der Waals surface area contributed by atoms with Crippen LogP contribution in [-0.4, -0.2) is 6.26 Å². The summed E-state index contributed by atoms with van der Waals surface area (Å²) in [4.78, 5) is 2.27. The summed E-state index contributed by atoms with van der Waals surface area (Å²) in [7, 11) is 0. The van der Waals surface area contributed by atoms with Gasteiger partial charge < -0.3 is 0 Å². The highest BCUT2D eigenvalue weighted by Crippen LogP contribution is 2.26. The van der Waals surface area contributed by atoms with Crippen molar-refractivity contribution in [3.05, 3.63) is 59.9 Å². The SMILES string of the molecule is CSc1ccc(F)c(CSc2ccccc2)c1. The van der Waals surface area contributed by atoms with E-state index >= 15 is 0 Å². The van der Waals surface area contributed by atoms with E-state index in [0.29, 0.717) is 5.75 Å². The quantitative estimate of drug-likeness (QED) is 0.725. The summed E-state index contributed by atoms with van der Waals surface area (Å²) in [6.07, 6.45) is 2.00. The number of benzene rings is 2. The summed E-state index contributed by atoms with van der Waals surface area (Å²) in [5.41, 5.74) is 0.769. The zero-order chi connectivity index (χ0) is 12.1. The normalized spacial score (nSPS) is 10.5. The molecule has 0 amide bonds. The Balaban J connectivity index is 2.08. The van der Waals surface area contributed by atoms with Crippen LogP contribution in [0.1, 0.15) is 5.56 Å². The lowest BCUT2D eigenvalue weighted by Crippen LogP contribution is -1.88. The fourth-order valence-corrected chi connectivity index (χ4v) is 2.82. The second-order valence-corrected chi connectivity index (χ2v) is 5.49. The van der Waals surface area contributed by atoms with Crippen molar-refractivity contribution in [3.8, 4) is 0 Å². The molecule has 0 fully saturated rings. The Bertz CT molecular complexity index is 483. The Labute approximate surface area is 110 Å². The van der Waals surface area contributed by atoms with Gasteiger partial charge >= 0.3 is 0 Å². The molecule has 0 heterocycles. The molecule has 0 atom stereocenters. The van der Waals surface area contributed by atoms with Crippen LogP contribution in [0, 0.1) is 5.82 Å². The predicted octanol–water partition coefficient (Wildman–Crippen LogP) is 4.84. The average Bonchev–Trinajstić information content (AvgIpc) is 2.39. The molecule has 0 aliphatic carbocycles. The molecule has 2 aromatic carbocycles. The van der Waals surface area contributed by atoms with Crippen LogP contribution >= 0.6 is 23.5 Å². The molecule has 0 aliphatic rings. The molecule has 2 rings (SSSR count). The standard InChI is InChI=1S/C14H13FS2/c1-16-13-7-8-14(15)11(9-13)10-17-12-5-3-2-4-6-12/h2-9H,10H2,1H3. The molecule has 0 N–H and O–H groups in total. The van der Waals surface area contributed by atoms with E-state index in [0.717, 1.165) is 10.5 Å². The summed E-state index contributed by atoms with van der Waals surface area (Å²) in [6, 6.07) is 15.4. The van der Waals surface area contributed by atoms with Crippen LogP contribution in [0.3, 0.4) is 0 Å². The van der Waals surface area contributed by atoms with Gasteiger partial charge in [0, 0.05) is 15.5 Å². The first-order chi connectivity index (χ1) is 8.29. The van der Waals surface area contributed by atoms with Crippen molar-refractivity contribution in [2.75, 3.05) is 6.26 Å². The molecule has 0 unspecified atom stereocenters. The third-order valence-corrected chi connectivity index (χ3v) is 4.18. The van der Waals surface area contributed by atoms with E-state index < -0.39 is 0 Å². The first-order valence-corrected chi connectivity index (χ1v) is 7.51. The van der Waals surface area contributed by atoms with Crippen molar-refractivity contribution in [1.82, 2.24) is 0 Å². The first kappa shape index (κ1) is 12.5. The Morgan fingerprint density at radius 1 is 1.00 bits per heavy atom. The van der Waals surface area contributed by atoms with Crippen LogP contribution in [0.4, 0.5) is 4.39 Å². The van der Waals surface area contributed by atoms with E-state index in [1.165, 1.54) is 4.90 Å². The third kappa shape index (κ3) is 3.51. The fraction of sp³-hybridized carbons (Fsp3) is 0.143. The van der Waals surface area contributed by atoms with Gasteiger partial charge in [0.15, 0.2) is 0 Å². The minimum absolute atomic E-state index is 0.119. The molecule has 88 valence electrons. The highest BCUT2D eigenvalue weighted by atomic mass is 32.2. The molecule has 0 bridgehead atoms. The zero-order valence-electron chi connectivity index (χ0n) is 9.52. The second-order valence-electron chi connectivity index (χ2n) is 3.56. The number of hydrogen-bond acceptors (Lipinski definition) is 2. The average molecular weight is 264 g/mol. The number of rotatable bonds is 4. The number of hydrogen-bond donors (Lipinski definition) is 0. The second kappa shape index (κ2) is 6.12. The molecule has 17 heavy (non-hydrogen) atoms. The minimum atomic E-state index is -0.119. The number of halogens is 1. The van der Waals surface area contributed by atoms with E-state index in [9.17, 15) is 4.39 Å². The lowest BCUT2D eigenvalue weighted by atomic mass is 10.2. The summed E-state index contributed by atoms with van der Waals surface area (Å²) >= 11 is 3.30. The van der Waals surface area contributed by atoms with Crippen molar-refractivity contribution in [3.63, 3.8) is 0 Å². The molecule has 0 spiro atoms. The zero-order valence-corrected chi connectivity index (χ0v) is 11.2. The van der Waals surface area contributed by atoms with Crippen molar-refractivity contribution in [2.45, 2.75) is 15.5 Å². The molecule has 0 saturated heterocycles. The topological polar surface area (TPSA) is 0 Å². The maximum Gasteiger partial charge on any atom is 0.127 e. The van der Waals surface area contributed by atoms with Crippen LogP contribution < -0.4 is 0 Å². The van der Waals surface area contributed by atoms with Gasteiger partial charge in [-0.2, -0.15) is 0 Å². The predicted molar refractivity (Wildman–Crippen MR) is 74.2 cm³/mol. The molecule has 0 aromatic heterocycles. The summed E-state index contributed by atoms with van der Waals surface area (Å²) in [6.45, 7) is 0. The van der Waals surface area contributed by atoms with Gasteiger partial charge in [-0.05, 0) is 42.2 Å². The molecule has 0 nitrogen and oxygen atoms in total. The van der Waals surface area contributed by atoms with Crippen LogP contribution in [-0.2, 0) is 5.75 Å². The van der Waals surface area contributed by atoms with Gasteiger partial charge in [0.25, 0.3) is 0 Å². The van der Waals surface area contributed by atoms with Gasteiger partial charge in [-0.25, -0.2) is 4.39 Å². The molecule has 0 aliphatic heterocycles. The van der Waals surface area contributed by atoms with Crippen molar-refractivity contribution < 1.29 is 4.39 Å².